The Hall–Kier alpha value is -0.160. The van der Waals surface area contributed by atoms with E-state index >= 15 is 0 Å². The van der Waals surface area contributed by atoms with Gasteiger partial charge in [0.2, 0.25) is 0 Å². The van der Waals surface area contributed by atoms with Crippen molar-refractivity contribution in [3.05, 3.63) is 16.1 Å². The van der Waals surface area contributed by atoms with Gasteiger partial charge >= 0.3 is 0 Å². The molecule has 0 radical (unpaired) electrons. The van der Waals surface area contributed by atoms with E-state index in [-0.39, 0.29) is 12.4 Å². The number of hydrogen-bond acceptors (Lipinski definition) is 4. The number of nitrogens with two attached hydrogens (primary N) is 1. The molecule has 88 valence electrons. The Balaban J connectivity index is 0.00000196. The van der Waals surface area contributed by atoms with Crippen molar-refractivity contribution in [3.63, 3.8) is 0 Å². The Bertz CT molecular complexity index is 277. The summed E-state index contributed by atoms with van der Waals surface area (Å²) in [7, 11) is 2.09. The first-order chi connectivity index (χ1) is 6.67. The van der Waals surface area contributed by atoms with Gasteiger partial charge in [0.25, 0.3) is 0 Å². The van der Waals surface area contributed by atoms with E-state index < -0.39 is 0 Å². The van der Waals surface area contributed by atoms with Gasteiger partial charge in [-0.15, -0.1) is 23.7 Å². The Labute approximate surface area is 102 Å². The third-order valence-electron chi connectivity index (χ3n) is 2.43. The molecule has 1 unspecified atom stereocenters. The van der Waals surface area contributed by atoms with Gasteiger partial charge < -0.3 is 5.73 Å². The fourth-order valence-corrected chi connectivity index (χ4v) is 2.06. The van der Waals surface area contributed by atoms with Gasteiger partial charge in [0, 0.05) is 23.7 Å². The van der Waals surface area contributed by atoms with E-state index in [0.29, 0.717) is 12.6 Å². The monoisotopic (exact) mass is 249 g/mol. The van der Waals surface area contributed by atoms with E-state index in [4.69, 9.17) is 5.73 Å². The van der Waals surface area contributed by atoms with Gasteiger partial charge in [-0.05, 0) is 20.4 Å². The summed E-state index contributed by atoms with van der Waals surface area (Å²) >= 11 is 1.80. The molecule has 1 rings (SSSR count). The third kappa shape index (κ3) is 4.47. The van der Waals surface area contributed by atoms with E-state index in [2.05, 4.69) is 30.8 Å². The summed E-state index contributed by atoms with van der Waals surface area (Å²) in [5, 5.41) is 1.18. The maximum Gasteiger partial charge on any atom is 0.107 e. The molecule has 2 N–H and O–H groups in total. The predicted molar refractivity (Wildman–Crippen MR) is 68.7 cm³/mol. The largest absolute Gasteiger partial charge is 0.329 e. The van der Waals surface area contributed by atoms with E-state index in [1.165, 1.54) is 9.88 Å². The number of nitrogens with zero attached hydrogens (tertiary/aromatic N) is 2. The van der Waals surface area contributed by atoms with Crippen LogP contribution in [0.25, 0.3) is 0 Å². The molecule has 1 atom stereocenters. The second-order valence-electron chi connectivity index (χ2n) is 3.57. The van der Waals surface area contributed by atoms with E-state index in [1.54, 1.807) is 11.3 Å². The summed E-state index contributed by atoms with van der Waals surface area (Å²) < 4.78 is 0. The zero-order valence-corrected chi connectivity index (χ0v) is 11.2. The maximum absolute atomic E-state index is 5.60. The zero-order chi connectivity index (χ0) is 10.6. The summed E-state index contributed by atoms with van der Waals surface area (Å²) in [6.45, 7) is 5.89. The van der Waals surface area contributed by atoms with Crippen LogP contribution in [0, 0.1) is 0 Å². The summed E-state index contributed by atoms with van der Waals surface area (Å²) in [5.74, 6) is 0. The summed E-state index contributed by atoms with van der Waals surface area (Å²) in [5.41, 5.74) is 5.60. The standard InChI is InChI=1S/C10H19N3S.ClH/c1-4-9-6-12-10(14-9)7-13(3)8(2)5-11;/h6,8H,4-5,7,11H2,1-3H3;1H. The molecule has 0 saturated carbocycles. The molecule has 0 fully saturated rings. The van der Waals surface area contributed by atoms with Crippen LogP contribution in [-0.4, -0.2) is 29.5 Å². The van der Waals surface area contributed by atoms with Crippen LogP contribution in [0.2, 0.25) is 0 Å². The normalized spacial score (nSPS) is 12.6. The summed E-state index contributed by atoms with van der Waals surface area (Å²) in [6.07, 6.45) is 3.05. The van der Waals surface area contributed by atoms with Crippen LogP contribution < -0.4 is 5.73 Å². The number of aromatic nitrogens is 1. The van der Waals surface area contributed by atoms with Crippen molar-refractivity contribution in [1.82, 2.24) is 9.88 Å². The quantitative estimate of drug-likeness (QED) is 0.867. The van der Waals surface area contributed by atoms with Crippen molar-refractivity contribution in [1.29, 1.82) is 0 Å². The van der Waals surface area contributed by atoms with Crippen molar-refractivity contribution >= 4 is 23.7 Å². The molecule has 0 aliphatic rings. The molecule has 0 bridgehead atoms. The average Bonchev–Trinajstić information content (AvgIpc) is 2.64. The van der Waals surface area contributed by atoms with Crippen LogP contribution in [-0.2, 0) is 13.0 Å². The number of rotatable bonds is 5. The molecule has 15 heavy (non-hydrogen) atoms. The fourth-order valence-electron chi connectivity index (χ4n) is 1.13. The van der Waals surface area contributed by atoms with Gasteiger partial charge in [-0.3, -0.25) is 4.90 Å². The highest BCUT2D eigenvalue weighted by Gasteiger charge is 2.09. The summed E-state index contributed by atoms with van der Waals surface area (Å²) in [4.78, 5) is 7.97. The molecule has 1 aromatic rings. The van der Waals surface area contributed by atoms with Gasteiger partial charge in [0.05, 0.1) is 6.54 Å². The lowest BCUT2D eigenvalue weighted by molar-refractivity contribution is 0.254. The van der Waals surface area contributed by atoms with E-state index in [9.17, 15) is 0 Å². The van der Waals surface area contributed by atoms with Crippen LogP contribution >= 0.6 is 23.7 Å². The second-order valence-corrected chi connectivity index (χ2v) is 4.77. The van der Waals surface area contributed by atoms with Gasteiger partial charge in [-0.2, -0.15) is 0 Å². The van der Waals surface area contributed by atoms with Crippen molar-refractivity contribution in [2.24, 2.45) is 5.73 Å². The first-order valence-electron chi connectivity index (χ1n) is 5.01. The van der Waals surface area contributed by atoms with Gasteiger partial charge in [0.15, 0.2) is 0 Å². The highest BCUT2D eigenvalue weighted by atomic mass is 35.5. The molecule has 0 spiro atoms. The molecule has 1 heterocycles. The zero-order valence-electron chi connectivity index (χ0n) is 9.56. The molecule has 0 aliphatic heterocycles. The van der Waals surface area contributed by atoms with Crippen molar-refractivity contribution < 1.29 is 0 Å². The van der Waals surface area contributed by atoms with Gasteiger partial charge in [0.1, 0.15) is 5.01 Å². The minimum atomic E-state index is 0. The maximum atomic E-state index is 5.60. The lowest BCUT2D eigenvalue weighted by Crippen LogP contribution is -2.34. The fraction of sp³-hybridized carbons (Fsp3) is 0.700. The lowest BCUT2D eigenvalue weighted by atomic mass is 10.3. The minimum Gasteiger partial charge on any atom is -0.329 e. The first-order valence-corrected chi connectivity index (χ1v) is 5.82. The minimum absolute atomic E-state index is 0. The first kappa shape index (κ1) is 14.8. The molecular weight excluding hydrogens is 230 g/mol. The molecule has 3 nitrogen and oxygen atoms in total. The average molecular weight is 250 g/mol. The topological polar surface area (TPSA) is 42.2 Å². The predicted octanol–water partition coefficient (Wildman–Crippen LogP) is 1.91. The molecule has 0 aliphatic carbocycles. The number of thiazole rings is 1. The van der Waals surface area contributed by atoms with Gasteiger partial charge in [-0.1, -0.05) is 6.92 Å². The smallest absolute Gasteiger partial charge is 0.107 e. The van der Waals surface area contributed by atoms with Crippen LogP contribution in [0.5, 0.6) is 0 Å². The highest BCUT2D eigenvalue weighted by Crippen LogP contribution is 2.15. The Morgan fingerprint density at radius 3 is 2.73 bits per heavy atom. The molecule has 1 aromatic heterocycles. The number of halogens is 1. The van der Waals surface area contributed by atoms with Crippen molar-refractivity contribution in [2.75, 3.05) is 13.6 Å². The van der Waals surface area contributed by atoms with Crippen LogP contribution in [0.4, 0.5) is 0 Å². The van der Waals surface area contributed by atoms with E-state index in [1.807, 2.05) is 6.20 Å². The Morgan fingerprint density at radius 2 is 2.27 bits per heavy atom. The highest BCUT2D eigenvalue weighted by molar-refractivity contribution is 7.11. The van der Waals surface area contributed by atoms with Gasteiger partial charge in [-0.25, -0.2) is 4.98 Å². The SMILES string of the molecule is CCc1cnc(CN(C)C(C)CN)s1.Cl. The van der Waals surface area contributed by atoms with Crippen LogP contribution in [0.15, 0.2) is 6.20 Å². The van der Waals surface area contributed by atoms with Crippen LogP contribution in [0.1, 0.15) is 23.7 Å². The van der Waals surface area contributed by atoms with Crippen LogP contribution in [0.3, 0.4) is 0 Å². The molecule has 0 amide bonds. The molecule has 0 saturated heterocycles. The molecule has 0 aromatic carbocycles. The number of aryl methyl sites for hydroxylation is 1. The van der Waals surface area contributed by atoms with Crippen molar-refractivity contribution in [3.8, 4) is 0 Å². The second kappa shape index (κ2) is 7.17. The molecule has 5 heteroatoms. The number of likely N-dealkylation sites (N-methyl/N-ethyl adjacent to an activating group) is 1. The molecular formula is C10H20ClN3S. The number of hydrogen-bond donors (Lipinski definition) is 1. The Morgan fingerprint density at radius 1 is 1.60 bits per heavy atom. The van der Waals surface area contributed by atoms with E-state index in [0.717, 1.165) is 13.0 Å². The summed E-state index contributed by atoms with van der Waals surface area (Å²) in [6, 6.07) is 0.420. The van der Waals surface area contributed by atoms with Crippen molar-refractivity contribution in [2.45, 2.75) is 32.9 Å². The Kier molecular flexibility index (Phi) is 7.09. The third-order valence-corrected chi connectivity index (χ3v) is 3.55. The lowest BCUT2D eigenvalue weighted by Gasteiger charge is -2.21.